The van der Waals surface area contributed by atoms with Crippen LogP contribution in [0.4, 0.5) is 5.69 Å². The summed E-state index contributed by atoms with van der Waals surface area (Å²) in [4.78, 5) is 21.0. The summed E-state index contributed by atoms with van der Waals surface area (Å²) in [6.45, 7) is 4.31. The SMILES string of the molecule is CCC(C)c1ccccc1NC(=O)c1ccc2nccnc2c1. The molecule has 0 spiro atoms. The van der Waals surface area contributed by atoms with Gasteiger partial charge in [0.25, 0.3) is 5.91 Å². The van der Waals surface area contributed by atoms with Crippen LogP contribution < -0.4 is 5.32 Å². The lowest BCUT2D eigenvalue weighted by atomic mass is 9.97. The van der Waals surface area contributed by atoms with Crippen molar-refractivity contribution in [2.24, 2.45) is 0 Å². The molecule has 0 fully saturated rings. The predicted molar refractivity (Wildman–Crippen MR) is 92.6 cm³/mol. The molecular weight excluding hydrogens is 286 g/mol. The summed E-state index contributed by atoms with van der Waals surface area (Å²) in [5, 5.41) is 3.02. The largest absolute Gasteiger partial charge is 0.322 e. The monoisotopic (exact) mass is 305 g/mol. The zero-order chi connectivity index (χ0) is 16.2. The Labute approximate surface area is 135 Å². The van der Waals surface area contributed by atoms with Gasteiger partial charge in [0.15, 0.2) is 0 Å². The average molecular weight is 305 g/mol. The number of hydrogen-bond acceptors (Lipinski definition) is 3. The number of nitrogens with one attached hydrogen (secondary N) is 1. The highest BCUT2D eigenvalue weighted by atomic mass is 16.1. The smallest absolute Gasteiger partial charge is 0.255 e. The van der Waals surface area contributed by atoms with Crippen LogP contribution >= 0.6 is 0 Å². The second kappa shape index (κ2) is 6.57. The zero-order valence-electron chi connectivity index (χ0n) is 13.3. The van der Waals surface area contributed by atoms with E-state index < -0.39 is 0 Å². The Kier molecular flexibility index (Phi) is 4.33. The van der Waals surface area contributed by atoms with Crippen LogP contribution in [-0.4, -0.2) is 15.9 Å². The van der Waals surface area contributed by atoms with Crippen LogP contribution in [0.15, 0.2) is 54.9 Å². The topological polar surface area (TPSA) is 54.9 Å². The maximum atomic E-state index is 12.6. The zero-order valence-corrected chi connectivity index (χ0v) is 13.3. The van der Waals surface area contributed by atoms with E-state index in [1.165, 1.54) is 0 Å². The summed E-state index contributed by atoms with van der Waals surface area (Å²) in [5.74, 6) is 0.266. The maximum Gasteiger partial charge on any atom is 0.255 e. The summed E-state index contributed by atoms with van der Waals surface area (Å²) in [6.07, 6.45) is 4.30. The molecule has 4 nitrogen and oxygen atoms in total. The van der Waals surface area contributed by atoms with Crippen molar-refractivity contribution in [2.75, 3.05) is 5.32 Å². The Bertz CT molecular complexity index is 845. The molecule has 3 aromatic rings. The van der Waals surface area contributed by atoms with Crippen LogP contribution in [0.1, 0.15) is 42.1 Å². The third kappa shape index (κ3) is 3.21. The average Bonchev–Trinajstić information content (AvgIpc) is 2.61. The van der Waals surface area contributed by atoms with Crippen LogP contribution in [0, 0.1) is 0 Å². The highest BCUT2D eigenvalue weighted by Gasteiger charge is 2.12. The molecule has 0 aliphatic rings. The first-order valence-electron chi connectivity index (χ1n) is 7.80. The van der Waals surface area contributed by atoms with Crippen molar-refractivity contribution >= 4 is 22.6 Å². The van der Waals surface area contributed by atoms with Crippen LogP contribution in [0.3, 0.4) is 0 Å². The van der Waals surface area contributed by atoms with Gasteiger partial charge in [-0.05, 0) is 42.2 Å². The van der Waals surface area contributed by atoms with Crippen LogP contribution in [0.5, 0.6) is 0 Å². The Morgan fingerprint density at radius 2 is 1.83 bits per heavy atom. The number of anilines is 1. The molecule has 3 rings (SSSR count). The molecule has 1 amide bonds. The van der Waals surface area contributed by atoms with E-state index in [4.69, 9.17) is 0 Å². The first-order valence-corrected chi connectivity index (χ1v) is 7.80. The lowest BCUT2D eigenvalue weighted by molar-refractivity contribution is 0.102. The minimum atomic E-state index is -0.131. The predicted octanol–water partition coefficient (Wildman–Crippen LogP) is 4.40. The molecule has 0 aliphatic heterocycles. The maximum absolute atomic E-state index is 12.6. The molecule has 1 unspecified atom stereocenters. The minimum Gasteiger partial charge on any atom is -0.322 e. The molecule has 0 aliphatic carbocycles. The number of aromatic nitrogens is 2. The quantitative estimate of drug-likeness (QED) is 0.777. The van der Waals surface area contributed by atoms with E-state index in [0.717, 1.165) is 28.7 Å². The fraction of sp³-hybridized carbons (Fsp3) is 0.211. The Balaban J connectivity index is 1.89. The molecule has 1 atom stereocenters. The molecule has 23 heavy (non-hydrogen) atoms. The fourth-order valence-electron chi connectivity index (χ4n) is 2.56. The van der Waals surface area contributed by atoms with Crippen molar-refractivity contribution < 1.29 is 4.79 Å². The van der Waals surface area contributed by atoms with Crippen molar-refractivity contribution in [3.05, 3.63) is 66.0 Å². The van der Waals surface area contributed by atoms with Crippen LogP contribution in [-0.2, 0) is 0 Å². The number of amides is 1. The van der Waals surface area contributed by atoms with Crippen molar-refractivity contribution in [1.29, 1.82) is 0 Å². The summed E-state index contributed by atoms with van der Waals surface area (Å²) in [6, 6.07) is 13.3. The standard InChI is InChI=1S/C19H19N3O/c1-3-13(2)15-6-4-5-7-16(15)22-19(23)14-8-9-17-18(12-14)21-11-10-20-17/h4-13H,3H2,1-2H3,(H,22,23). The van der Waals surface area contributed by atoms with Gasteiger partial charge in [-0.2, -0.15) is 0 Å². The summed E-state index contributed by atoms with van der Waals surface area (Å²) in [5.41, 5.74) is 4.10. The second-order valence-corrected chi connectivity index (χ2v) is 5.61. The van der Waals surface area contributed by atoms with E-state index in [9.17, 15) is 4.79 Å². The van der Waals surface area contributed by atoms with Gasteiger partial charge in [0.1, 0.15) is 0 Å². The summed E-state index contributed by atoms with van der Waals surface area (Å²) in [7, 11) is 0. The molecule has 0 saturated heterocycles. The van der Waals surface area contributed by atoms with Crippen molar-refractivity contribution in [3.63, 3.8) is 0 Å². The molecular formula is C19H19N3O. The van der Waals surface area contributed by atoms with E-state index in [-0.39, 0.29) is 5.91 Å². The number of benzene rings is 2. The highest BCUT2D eigenvalue weighted by Crippen LogP contribution is 2.27. The van der Waals surface area contributed by atoms with Crippen LogP contribution in [0.2, 0.25) is 0 Å². The number of hydrogen-bond donors (Lipinski definition) is 1. The first kappa shape index (κ1) is 15.2. The van der Waals surface area contributed by atoms with E-state index in [2.05, 4.69) is 35.2 Å². The number of fused-ring (bicyclic) bond motifs is 1. The third-order valence-electron chi connectivity index (χ3n) is 4.08. The number of carbonyl (C=O) groups is 1. The molecule has 0 radical (unpaired) electrons. The minimum absolute atomic E-state index is 0.131. The van der Waals surface area contributed by atoms with Gasteiger partial charge in [-0.3, -0.25) is 14.8 Å². The Morgan fingerprint density at radius 3 is 2.61 bits per heavy atom. The second-order valence-electron chi connectivity index (χ2n) is 5.61. The highest BCUT2D eigenvalue weighted by molar-refractivity contribution is 6.06. The van der Waals surface area contributed by atoms with Gasteiger partial charge < -0.3 is 5.32 Å². The van der Waals surface area contributed by atoms with Gasteiger partial charge in [0.05, 0.1) is 11.0 Å². The Morgan fingerprint density at radius 1 is 1.09 bits per heavy atom. The summed E-state index contributed by atoms with van der Waals surface area (Å²) < 4.78 is 0. The Hall–Kier alpha value is -2.75. The number of carbonyl (C=O) groups excluding carboxylic acids is 1. The molecule has 0 saturated carbocycles. The van der Waals surface area contributed by atoms with Crippen molar-refractivity contribution in [2.45, 2.75) is 26.2 Å². The van der Waals surface area contributed by atoms with Gasteiger partial charge in [0, 0.05) is 23.6 Å². The van der Waals surface area contributed by atoms with E-state index in [1.54, 1.807) is 24.5 Å². The van der Waals surface area contributed by atoms with E-state index >= 15 is 0 Å². The lowest BCUT2D eigenvalue weighted by Crippen LogP contribution is -2.14. The van der Waals surface area contributed by atoms with Crippen molar-refractivity contribution in [3.8, 4) is 0 Å². The summed E-state index contributed by atoms with van der Waals surface area (Å²) >= 11 is 0. The van der Waals surface area contributed by atoms with Crippen molar-refractivity contribution in [1.82, 2.24) is 9.97 Å². The van der Waals surface area contributed by atoms with E-state index in [1.807, 2.05) is 24.3 Å². The number of para-hydroxylation sites is 1. The van der Waals surface area contributed by atoms with Gasteiger partial charge in [-0.1, -0.05) is 32.0 Å². The number of rotatable bonds is 4. The molecule has 116 valence electrons. The van der Waals surface area contributed by atoms with E-state index in [0.29, 0.717) is 11.5 Å². The first-order chi connectivity index (χ1) is 11.2. The lowest BCUT2D eigenvalue weighted by Gasteiger charge is -2.15. The number of nitrogens with zero attached hydrogens (tertiary/aromatic N) is 2. The fourth-order valence-corrected chi connectivity index (χ4v) is 2.56. The molecule has 1 N–H and O–H groups in total. The molecule has 1 aromatic heterocycles. The van der Waals surface area contributed by atoms with Gasteiger partial charge >= 0.3 is 0 Å². The van der Waals surface area contributed by atoms with Gasteiger partial charge in [0.2, 0.25) is 0 Å². The molecule has 1 heterocycles. The van der Waals surface area contributed by atoms with Crippen LogP contribution in [0.25, 0.3) is 11.0 Å². The normalized spacial score (nSPS) is 12.1. The molecule has 2 aromatic carbocycles. The molecule has 4 heteroatoms. The van der Waals surface area contributed by atoms with Gasteiger partial charge in [-0.15, -0.1) is 0 Å². The molecule has 0 bridgehead atoms. The van der Waals surface area contributed by atoms with Gasteiger partial charge in [-0.25, -0.2) is 0 Å². The third-order valence-corrected chi connectivity index (χ3v) is 4.08.